The third kappa shape index (κ3) is 3.25. The second kappa shape index (κ2) is 6.74. The summed E-state index contributed by atoms with van der Waals surface area (Å²) in [6.45, 7) is 13.3. The maximum absolute atomic E-state index is 2.30. The van der Waals surface area contributed by atoms with Crippen LogP contribution in [0.25, 0.3) is 0 Å². The van der Waals surface area contributed by atoms with Gasteiger partial charge in [-0.3, -0.25) is 0 Å². The zero-order valence-corrected chi connectivity index (χ0v) is 15.0. The zero-order valence-electron chi connectivity index (χ0n) is 13.2. The Morgan fingerprint density at radius 2 is 0.900 bits per heavy atom. The van der Waals surface area contributed by atoms with Gasteiger partial charge in [0.2, 0.25) is 0 Å². The van der Waals surface area contributed by atoms with Crippen LogP contribution in [0, 0.1) is 41.5 Å². The highest BCUT2D eigenvalue weighted by Crippen LogP contribution is 2.22. The summed E-state index contributed by atoms with van der Waals surface area (Å²) in [5.41, 5.74) is 8.57. The molecular weight excluding hydrogens is 283 g/mol. The van der Waals surface area contributed by atoms with Crippen LogP contribution in [-0.2, 0) is 0 Å². The summed E-state index contributed by atoms with van der Waals surface area (Å²) in [5, 5.41) is 2.96. The fourth-order valence-electron chi connectivity index (χ4n) is 2.33. The van der Waals surface area contributed by atoms with Gasteiger partial charge in [-0.15, -0.1) is 12.4 Å². The van der Waals surface area contributed by atoms with Crippen LogP contribution in [0.4, 0.5) is 0 Å². The second-order valence-electron chi connectivity index (χ2n) is 5.49. The first-order valence-electron chi connectivity index (χ1n) is 6.82. The van der Waals surface area contributed by atoms with Gasteiger partial charge in [0.1, 0.15) is 0 Å². The van der Waals surface area contributed by atoms with Gasteiger partial charge >= 0.3 is 0 Å². The average Bonchev–Trinajstić information content (AvgIpc) is 2.39. The zero-order chi connectivity index (χ0) is 14.2. The van der Waals surface area contributed by atoms with Gasteiger partial charge in [-0.2, -0.15) is 0 Å². The molecule has 108 valence electrons. The molecule has 0 aliphatic rings. The molecule has 0 bridgehead atoms. The number of halogens is 1. The summed E-state index contributed by atoms with van der Waals surface area (Å²) in [4.78, 5) is 0. The molecule has 2 rings (SSSR count). The van der Waals surface area contributed by atoms with E-state index in [2.05, 4.69) is 65.8 Å². The Balaban J connectivity index is 0.00000200. The molecule has 0 nitrogen and oxygen atoms in total. The summed E-state index contributed by atoms with van der Waals surface area (Å²) in [6.07, 6.45) is 0. The molecule has 0 saturated carbocycles. The van der Waals surface area contributed by atoms with Crippen LogP contribution in [0.5, 0.6) is 0 Å². The number of rotatable bonds is 2. The third-order valence-corrected chi connectivity index (χ3v) is 6.01. The normalized spacial score (nSPS) is 10.3. The highest BCUT2D eigenvalue weighted by Gasteiger charge is 2.08. The van der Waals surface area contributed by atoms with Crippen molar-refractivity contribution in [2.45, 2.75) is 41.5 Å². The van der Waals surface area contributed by atoms with Gasteiger partial charge in [-0.25, -0.2) is 0 Å². The van der Waals surface area contributed by atoms with E-state index >= 15 is 0 Å². The van der Waals surface area contributed by atoms with Crippen molar-refractivity contribution in [3.63, 3.8) is 0 Å². The Morgan fingerprint density at radius 3 is 1.25 bits per heavy atom. The van der Waals surface area contributed by atoms with Crippen molar-refractivity contribution in [2.75, 3.05) is 0 Å². The van der Waals surface area contributed by atoms with Gasteiger partial charge < -0.3 is 0 Å². The Labute approximate surface area is 131 Å². The van der Waals surface area contributed by atoms with E-state index in [0.29, 0.717) is 0 Å². The molecule has 0 spiro atoms. The average molecular weight is 307 g/mol. The molecule has 20 heavy (non-hydrogen) atoms. The molecule has 0 unspecified atom stereocenters. The fourth-order valence-corrected chi connectivity index (χ4v) is 3.70. The van der Waals surface area contributed by atoms with Crippen LogP contribution >= 0.6 is 21.0 Å². The predicted molar refractivity (Wildman–Crippen MR) is 96.1 cm³/mol. The minimum absolute atomic E-state index is 0. The topological polar surface area (TPSA) is 0 Å². The second-order valence-corrected chi connectivity index (χ2v) is 6.81. The lowest BCUT2D eigenvalue weighted by atomic mass is 10.0. The van der Waals surface area contributed by atoms with Gasteiger partial charge in [-0.05, 0) is 85.5 Å². The number of benzene rings is 2. The molecular formula is C18H24ClP. The van der Waals surface area contributed by atoms with E-state index < -0.39 is 0 Å². The summed E-state index contributed by atoms with van der Waals surface area (Å²) in [5.74, 6) is 0. The highest BCUT2D eigenvalue weighted by atomic mass is 35.5. The first kappa shape index (κ1) is 17.2. The minimum atomic E-state index is 0. The van der Waals surface area contributed by atoms with Crippen LogP contribution in [0.15, 0.2) is 24.3 Å². The minimum Gasteiger partial charge on any atom is -0.147 e. The molecule has 0 aliphatic carbocycles. The van der Waals surface area contributed by atoms with E-state index in [1.165, 1.54) is 44.0 Å². The number of hydrogen-bond acceptors (Lipinski definition) is 0. The molecule has 0 fully saturated rings. The Kier molecular flexibility index (Phi) is 5.80. The quantitative estimate of drug-likeness (QED) is 0.712. The van der Waals surface area contributed by atoms with Gasteiger partial charge in [-0.1, -0.05) is 32.8 Å². The largest absolute Gasteiger partial charge is 0.147 e. The molecule has 0 saturated heterocycles. The monoisotopic (exact) mass is 306 g/mol. The molecule has 2 heteroatoms. The van der Waals surface area contributed by atoms with E-state index in [9.17, 15) is 0 Å². The lowest BCUT2D eigenvalue weighted by Crippen LogP contribution is -2.12. The maximum atomic E-state index is 2.30. The summed E-state index contributed by atoms with van der Waals surface area (Å²) < 4.78 is 0. The summed E-state index contributed by atoms with van der Waals surface area (Å²) in [7, 11) is 0.760. The van der Waals surface area contributed by atoms with Crippen molar-refractivity contribution in [1.29, 1.82) is 0 Å². The van der Waals surface area contributed by atoms with Crippen LogP contribution in [0.1, 0.15) is 33.4 Å². The smallest absolute Gasteiger partial charge is 0.0194 e. The van der Waals surface area contributed by atoms with Crippen LogP contribution in [0.2, 0.25) is 0 Å². The molecule has 2 aromatic carbocycles. The van der Waals surface area contributed by atoms with E-state index in [4.69, 9.17) is 0 Å². The van der Waals surface area contributed by atoms with Crippen molar-refractivity contribution < 1.29 is 0 Å². The standard InChI is InChI=1S/C18H23P.ClH/c1-11-7-9-17(15(5)13(11)3)19-18-10-8-12(2)14(4)16(18)6;/h7-10,19H,1-6H3;1H. The predicted octanol–water partition coefficient (Wildman–Crippen LogP) is 4.59. The van der Waals surface area contributed by atoms with Gasteiger partial charge in [0.15, 0.2) is 0 Å². The van der Waals surface area contributed by atoms with Crippen molar-refractivity contribution in [2.24, 2.45) is 0 Å². The number of hydrogen-bond donors (Lipinski definition) is 0. The van der Waals surface area contributed by atoms with E-state index in [1.54, 1.807) is 0 Å². The lowest BCUT2D eigenvalue weighted by Gasteiger charge is -2.15. The summed E-state index contributed by atoms with van der Waals surface area (Å²) in [6, 6.07) is 9.09. The SMILES string of the molecule is Cc1ccc(Pc2ccc(C)c(C)c2C)c(C)c1C.Cl. The van der Waals surface area contributed by atoms with E-state index in [0.717, 1.165) is 8.58 Å². The van der Waals surface area contributed by atoms with Crippen LogP contribution in [0.3, 0.4) is 0 Å². The van der Waals surface area contributed by atoms with Crippen molar-refractivity contribution >= 4 is 31.6 Å². The molecule has 0 N–H and O–H groups in total. The molecule has 0 amide bonds. The first-order chi connectivity index (χ1) is 8.91. The molecule has 0 radical (unpaired) electrons. The van der Waals surface area contributed by atoms with Crippen molar-refractivity contribution in [1.82, 2.24) is 0 Å². The first-order valence-corrected chi connectivity index (χ1v) is 7.82. The lowest BCUT2D eigenvalue weighted by molar-refractivity contribution is 1.28. The Hall–Kier alpha value is -0.840. The Bertz CT molecular complexity index is 574. The molecule has 2 aromatic rings. The number of aryl methyl sites for hydroxylation is 2. The van der Waals surface area contributed by atoms with Crippen LogP contribution in [-0.4, -0.2) is 0 Å². The third-order valence-electron chi connectivity index (χ3n) is 4.39. The Morgan fingerprint density at radius 1 is 0.550 bits per heavy atom. The molecule has 0 aromatic heterocycles. The van der Waals surface area contributed by atoms with Crippen LogP contribution < -0.4 is 10.6 Å². The van der Waals surface area contributed by atoms with Gasteiger partial charge in [0, 0.05) is 0 Å². The van der Waals surface area contributed by atoms with Gasteiger partial charge in [0.25, 0.3) is 0 Å². The highest BCUT2D eigenvalue weighted by molar-refractivity contribution is 7.55. The van der Waals surface area contributed by atoms with E-state index in [1.807, 2.05) is 0 Å². The van der Waals surface area contributed by atoms with Crippen molar-refractivity contribution in [3.05, 3.63) is 57.6 Å². The van der Waals surface area contributed by atoms with Gasteiger partial charge in [0.05, 0.1) is 0 Å². The summed E-state index contributed by atoms with van der Waals surface area (Å²) >= 11 is 0. The maximum Gasteiger partial charge on any atom is -0.0194 e. The molecule has 0 aliphatic heterocycles. The molecule has 0 heterocycles. The van der Waals surface area contributed by atoms with E-state index in [-0.39, 0.29) is 12.4 Å². The fraction of sp³-hybridized carbons (Fsp3) is 0.333. The van der Waals surface area contributed by atoms with Crippen molar-refractivity contribution in [3.8, 4) is 0 Å². The molecule has 0 atom stereocenters.